The number of nitrogens with zero attached hydrogens (tertiary/aromatic N) is 4. The number of hydrogen-bond acceptors (Lipinski definition) is 4. The smallest absolute Gasteiger partial charge is 0.174 e. The van der Waals surface area contributed by atoms with E-state index in [4.69, 9.17) is 4.74 Å². The summed E-state index contributed by atoms with van der Waals surface area (Å²) in [6, 6.07) is 19.4. The van der Waals surface area contributed by atoms with Crippen molar-refractivity contribution in [2.24, 2.45) is 0 Å². The molecule has 5 nitrogen and oxygen atoms in total. The highest BCUT2D eigenvalue weighted by Crippen LogP contribution is 2.32. The minimum absolute atomic E-state index is 0.0155. The number of aromatic nitrogens is 4. The van der Waals surface area contributed by atoms with E-state index in [-0.39, 0.29) is 17.7 Å². The van der Waals surface area contributed by atoms with Crippen molar-refractivity contribution in [1.29, 1.82) is 0 Å². The van der Waals surface area contributed by atoms with Crippen LogP contribution in [0.2, 0.25) is 0 Å². The Hall–Kier alpha value is -3.54. The Morgan fingerprint density at radius 3 is 2.10 bits per heavy atom. The number of benzene rings is 2. The van der Waals surface area contributed by atoms with Gasteiger partial charge in [-0.3, -0.25) is 0 Å². The zero-order chi connectivity index (χ0) is 21.1. The molecule has 2 heterocycles. The van der Waals surface area contributed by atoms with Gasteiger partial charge in [-0.1, -0.05) is 55.8 Å². The number of aryl methyl sites for hydroxylation is 1. The first-order valence-electron chi connectivity index (χ1n) is 9.76. The largest absolute Gasteiger partial charge is 0.487 e. The topological polar surface area (TPSA) is 52.8 Å². The second-order valence-electron chi connectivity index (χ2n) is 7.72. The second kappa shape index (κ2) is 8.06. The summed E-state index contributed by atoms with van der Waals surface area (Å²) in [6.07, 6.45) is 3.09. The molecular formula is C24H23FN4O. The summed E-state index contributed by atoms with van der Waals surface area (Å²) in [5, 5.41) is 8.04. The van der Waals surface area contributed by atoms with Gasteiger partial charge in [-0.2, -0.15) is 10.2 Å². The SMILES string of the molecule is Cc1ccc(C(C)(C)c2ccc(OCc3nc(-n4nccn4)ccc3F)cc2)cc1. The van der Waals surface area contributed by atoms with Crippen LogP contribution >= 0.6 is 0 Å². The Balaban J connectivity index is 1.48. The lowest BCUT2D eigenvalue weighted by molar-refractivity contribution is 0.293. The van der Waals surface area contributed by atoms with Gasteiger partial charge in [-0.25, -0.2) is 9.37 Å². The third-order valence-electron chi connectivity index (χ3n) is 5.25. The van der Waals surface area contributed by atoms with Crippen LogP contribution in [-0.2, 0) is 12.0 Å². The fraction of sp³-hybridized carbons (Fsp3) is 0.208. The van der Waals surface area contributed by atoms with Gasteiger partial charge in [0.1, 0.15) is 23.9 Å². The maximum Gasteiger partial charge on any atom is 0.174 e. The monoisotopic (exact) mass is 402 g/mol. The maximum atomic E-state index is 14.2. The maximum absolute atomic E-state index is 14.2. The predicted molar refractivity (Wildman–Crippen MR) is 113 cm³/mol. The molecule has 30 heavy (non-hydrogen) atoms. The van der Waals surface area contributed by atoms with E-state index in [1.807, 2.05) is 24.3 Å². The molecule has 2 aromatic carbocycles. The number of pyridine rings is 1. The van der Waals surface area contributed by atoms with Crippen LogP contribution in [0.4, 0.5) is 4.39 Å². The molecule has 0 aliphatic heterocycles. The van der Waals surface area contributed by atoms with E-state index >= 15 is 0 Å². The second-order valence-corrected chi connectivity index (χ2v) is 7.72. The van der Waals surface area contributed by atoms with Crippen LogP contribution in [0.3, 0.4) is 0 Å². The molecule has 2 aromatic heterocycles. The molecule has 0 spiro atoms. The summed E-state index contributed by atoms with van der Waals surface area (Å²) in [5.74, 6) is 0.667. The lowest BCUT2D eigenvalue weighted by atomic mass is 9.78. The van der Waals surface area contributed by atoms with E-state index in [9.17, 15) is 4.39 Å². The van der Waals surface area contributed by atoms with Crippen LogP contribution < -0.4 is 4.74 Å². The molecule has 6 heteroatoms. The molecule has 0 unspecified atom stereocenters. The van der Waals surface area contributed by atoms with Crippen LogP contribution in [0.25, 0.3) is 5.82 Å². The van der Waals surface area contributed by atoms with Gasteiger partial charge in [0, 0.05) is 5.41 Å². The lowest BCUT2D eigenvalue weighted by Crippen LogP contribution is -2.18. The fourth-order valence-electron chi connectivity index (χ4n) is 3.28. The van der Waals surface area contributed by atoms with E-state index in [0.29, 0.717) is 11.6 Å². The summed E-state index contributed by atoms with van der Waals surface area (Å²) in [6.45, 7) is 6.49. The van der Waals surface area contributed by atoms with Gasteiger partial charge in [-0.15, -0.1) is 4.80 Å². The Morgan fingerprint density at radius 1 is 0.867 bits per heavy atom. The molecule has 0 radical (unpaired) electrons. The zero-order valence-electron chi connectivity index (χ0n) is 17.2. The molecule has 0 aliphatic carbocycles. The van der Waals surface area contributed by atoms with E-state index in [2.05, 4.69) is 60.2 Å². The summed E-state index contributed by atoms with van der Waals surface area (Å²) >= 11 is 0. The van der Waals surface area contributed by atoms with E-state index in [1.165, 1.54) is 33.6 Å². The third kappa shape index (κ3) is 4.08. The van der Waals surface area contributed by atoms with Gasteiger partial charge in [0.2, 0.25) is 0 Å². The summed E-state index contributed by atoms with van der Waals surface area (Å²) in [7, 11) is 0. The lowest BCUT2D eigenvalue weighted by Gasteiger charge is -2.26. The van der Waals surface area contributed by atoms with Crippen LogP contribution in [0.5, 0.6) is 5.75 Å². The summed E-state index contributed by atoms with van der Waals surface area (Å²) in [4.78, 5) is 5.61. The van der Waals surface area contributed by atoms with Gasteiger partial charge in [0.05, 0.1) is 12.4 Å². The first kappa shape index (κ1) is 19.8. The molecule has 4 aromatic rings. The molecule has 0 atom stereocenters. The highest BCUT2D eigenvalue weighted by Gasteiger charge is 2.23. The number of hydrogen-bond donors (Lipinski definition) is 0. The third-order valence-corrected chi connectivity index (χ3v) is 5.25. The van der Waals surface area contributed by atoms with Gasteiger partial charge < -0.3 is 4.74 Å². The van der Waals surface area contributed by atoms with Crippen molar-refractivity contribution in [2.45, 2.75) is 32.8 Å². The highest BCUT2D eigenvalue weighted by molar-refractivity contribution is 5.40. The van der Waals surface area contributed by atoms with Crippen molar-refractivity contribution < 1.29 is 9.13 Å². The molecule has 0 saturated heterocycles. The highest BCUT2D eigenvalue weighted by atomic mass is 19.1. The Labute approximate surface area is 175 Å². The molecule has 0 bridgehead atoms. The fourth-order valence-corrected chi connectivity index (χ4v) is 3.28. The van der Waals surface area contributed by atoms with Crippen molar-refractivity contribution in [3.05, 3.63) is 101 Å². The molecule has 152 valence electrons. The Kier molecular flexibility index (Phi) is 5.31. The van der Waals surface area contributed by atoms with E-state index in [1.54, 1.807) is 12.4 Å². The van der Waals surface area contributed by atoms with Gasteiger partial charge in [0.15, 0.2) is 5.82 Å². The van der Waals surface area contributed by atoms with E-state index < -0.39 is 5.82 Å². The Morgan fingerprint density at radius 2 is 1.47 bits per heavy atom. The van der Waals surface area contributed by atoms with Crippen LogP contribution in [0.15, 0.2) is 73.1 Å². The summed E-state index contributed by atoms with van der Waals surface area (Å²) < 4.78 is 19.9. The minimum atomic E-state index is -0.428. The van der Waals surface area contributed by atoms with E-state index in [0.717, 1.165) is 0 Å². The van der Waals surface area contributed by atoms with Crippen molar-refractivity contribution in [3.63, 3.8) is 0 Å². The average Bonchev–Trinajstić information content (AvgIpc) is 3.29. The number of rotatable bonds is 6. The number of ether oxygens (including phenoxy) is 1. The van der Waals surface area contributed by atoms with Gasteiger partial charge >= 0.3 is 0 Å². The van der Waals surface area contributed by atoms with Gasteiger partial charge in [0.25, 0.3) is 0 Å². The predicted octanol–water partition coefficient (Wildman–Crippen LogP) is 5.01. The molecule has 0 saturated carbocycles. The van der Waals surface area contributed by atoms with Crippen molar-refractivity contribution in [1.82, 2.24) is 20.0 Å². The molecule has 0 fully saturated rings. The van der Waals surface area contributed by atoms with Crippen LogP contribution in [-0.4, -0.2) is 20.0 Å². The summed E-state index contributed by atoms with van der Waals surface area (Å²) in [5.41, 5.74) is 3.73. The molecule has 0 N–H and O–H groups in total. The zero-order valence-corrected chi connectivity index (χ0v) is 17.2. The van der Waals surface area contributed by atoms with Crippen molar-refractivity contribution in [3.8, 4) is 11.6 Å². The minimum Gasteiger partial charge on any atom is -0.487 e. The quantitative estimate of drug-likeness (QED) is 0.455. The molecule has 4 rings (SSSR count). The first-order valence-corrected chi connectivity index (χ1v) is 9.76. The Bertz CT molecular complexity index is 1120. The first-order chi connectivity index (χ1) is 14.4. The standard InChI is InChI=1S/C24H23FN4O/c1-17-4-6-18(7-5-17)24(2,3)19-8-10-20(11-9-19)30-16-22-21(25)12-13-23(28-22)29-26-14-15-27-29/h4-15H,16H2,1-3H3. The molecular weight excluding hydrogens is 379 g/mol. The van der Waals surface area contributed by atoms with Crippen LogP contribution in [0.1, 0.15) is 36.2 Å². The average molecular weight is 402 g/mol. The van der Waals surface area contributed by atoms with Crippen molar-refractivity contribution >= 4 is 0 Å². The van der Waals surface area contributed by atoms with Crippen molar-refractivity contribution in [2.75, 3.05) is 0 Å². The normalized spacial score (nSPS) is 11.5. The number of halogens is 1. The molecule has 0 aliphatic rings. The van der Waals surface area contributed by atoms with Gasteiger partial charge in [-0.05, 0) is 42.3 Å². The molecule has 0 amide bonds. The van der Waals surface area contributed by atoms with Crippen LogP contribution in [0, 0.1) is 12.7 Å².